The molecule has 0 saturated carbocycles. The van der Waals surface area contributed by atoms with Gasteiger partial charge in [-0.25, -0.2) is 0 Å². The fourth-order valence-corrected chi connectivity index (χ4v) is 13.2. The van der Waals surface area contributed by atoms with Crippen LogP contribution in [0.1, 0.15) is 188 Å². The molecule has 0 aliphatic carbocycles. The lowest BCUT2D eigenvalue weighted by atomic mass is 9.95. The summed E-state index contributed by atoms with van der Waals surface area (Å²) in [5.41, 5.74) is 6.58. The molecule has 31 heteroatoms. The Hall–Kier alpha value is -1.95. The first-order chi connectivity index (χ1) is 47.1. The van der Waals surface area contributed by atoms with Crippen LogP contribution in [0.15, 0.2) is 12.2 Å². The van der Waals surface area contributed by atoms with Crippen molar-refractivity contribution in [2.45, 2.75) is 372 Å². The zero-order chi connectivity index (χ0) is 71.4. The standard InChI is InChI=1S/C67H122N2O29/c1-4-6-8-10-12-14-16-17-19-20-22-24-26-28-40(74)39(69-47(76)29-27-25-23-21-18-15-13-11-9-7-5-2)36-87-62-41(75)31-42(44(33-71)92-62)90-66-57(85)54(82)58(46(35-73)94-66)95-64-51(79)43(30-38(32-70)89-64)91-63-48(68)59(50(78)45(34-72)93-63)96-67-60(53(81)55(83)61(86)98-67)97-65-56(84)52(80)49(77)37(3)88-65/h26,28,37-46,48-67,70-75,77-86H,4-25,27,29-36,68H2,1-3H3,(H,69,76)/b28-26+/t37?,38?,39?,40?,41?,42-,43?,44?,45?,46?,48?,49+,50+,51?,52?,53?,54?,55+,56?,57?,58-,59?,60?,61?,62+,63+,64-,65-,66+,67+/m0/s1. The van der Waals surface area contributed by atoms with E-state index in [-0.39, 0.29) is 31.8 Å². The van der Waals surface area contributed by atoms with Crippen LogP contribution in [0, 0.1) is 0 Å². The van der Waals surface area contributed by atoms with Crippen LogP contribution in [0.4, 0.5) is 0 Å². The molecule has 6 aliphatic heterocycles. The average molecular weight is 1420 g/mol. The molecular weight excluding hydrogens is 1300 g/mol. The molecule has 98 heavy (non-hydrogen) atoms. The van der Waals surface area contributed by atoms with Crippen molar-refractivity contribution in [3.05, 3.63) is 12.2 Å². The van der Waals surface area contributed by atoms with Gasteiger partial charge in [0, 0.05) is 19.3 Å². The summed E-state index contributed by atoms with van der Waals surface area (Å²) in [7, 11) is 0. The van der Waals surface area contributed by atoms with Crippen LogP contribution in [0.5, 0.6) is 0 Å². The molecule has 0 spiro atoms. The lowest BCUT2D eigenvalue weighted by Crippen LogP contribution is -2.68. The van der Waals surface area contributed by atoms with Crippen LogP contribution in [0.25, 0.3) is 0 Å². The number of hydrogen-bond acceptors (Lipinski definition) is 30. The second kappa shape index (κ2) is 44.8. The van der Waals surface area contributed by atoms with E-state index in [0.717, 1.165) is 44.9 Å². The smallest absolute Gasteiger partial charge is 0.220 e. The Morgan fingerprint density at radius 3 is 1.56 bits per heavy atom. The molecule has 19 N–H and O–H groups in total. The second-order valence-electron chi connectivity index (χ2n) is 27.3. The van der Waals surface area contributed by atoms with Gasteiger partial charge in [-0.05, 0) is 26.2 Å². The number of carbonyl (C=O) groups is 1. The topological polar surface area (TPSA) is 490 Å². The van der Waals surface area contributed by atoms with Crippen molar-refractivity contribution in [1.82, 2.24) is 5.32 Å². The van der Waals surface area contributed by atoms with Crippen molar-refractivity contribution >= 4 is 5.91 Å². The van der Waals surface area contributed by atoms with Crippen molar-refractivity contribution < 1.29 is 143 Å². The number of ether oxygens (including phenoxy) is 12. The van der Waals surface area contributed by atoms with Gasteiger partial charge >= 0.3 is 0 Å². The molecule has 0 aromatic heterocycles. The monoisotopic (exact) mass is 1420 g/mol. The van der Waals surface area contributed by atoms with E-state index in [1.165, 1.54) is 103 Å². The highest BCUT2D eigenvalue weighted by atomic mass is 16.8. The SMILES string of the molecule is CCCCCCCCCCCCC/C=C/C(O)C(CO[C@@H]1OC(CO)[C@@H](O[C@@H]2OC(CO)[C@H](O[C@@H]3OC(CO)CC(O[C@@H]4OC(CO)[C@@H](O)C(O[C@@H]5OC(O)[C@H](O)C(O)C5O[C@@H]5OC(C)[C@@H](O)C(O)C5O)C4N)C3O)C(O)C2O)CC1O)NC(=O)CCCCCCCCCCCCC. The van der Waals surface area contributed by atoms with E-state index in [1.807, 2.05) is 6.08 Å². The zero-order valence-corrected chi connectivity index (χ0v) is 57.4. The van der Waals surface area contributed by atoms with Crippen LogP contribution >= 0.6 is 0 Å². The summed E-state index contributed by atoms with van der Waals surface area (Å²) in [6.07, 6.45) is -17.7. The van der Waals surface area contributed by atoms with Gasteiger partial charge in [0.15, 0.2) is 44.0 Å². The van der Waals surface area contributed by atoms with Crippen LogP contribution in [-0.4, -0.2) is 305 Å². The quantitative estimate of drug-likeness (QED) is 0.0250. The van der Waals surface area contributed by atoms with Gasteiger partial charge < -0.3 is 150 Å². The number of amides is 1. The van der Waals surface area contributed by atoms with Gasteiger partial charge in [0.2, 0.25) is 5.91 Å². The Balaban J connectivity index is 1.03. The molecule has 0 aromatic carbocycles. The summed E-state index contributed by atoms with van der Waals surface area (Å²) in [6, 6.07) is -2.57. The Labute approximate surface area is 575 Å². The average Bonchev–Trinajstić information content (AvgIpc) is 0.781. The number of aliphatic hydroxyl groups excluding tert-OH is 16. The third kappa shape index (κ3) is 25.4. The van der Waals surface area contributed by atoms with Gasteiger partial charge in [-0.15, -0.1) is 0 Å². The molecule has 0 aromatic rings. The van der Waals surface area contributed by atoms with Crippen molar-refractivity contribution in [3.8, 4) is 0 Å². The van der Waals surface area contributed by atoms with Gasteiger partial charge in [0.05, 0.1) is 75.6 Å². The summed E-state index contributed by atoms with van der Waals surface area (Å²) in [6.45, 7) is 2.25. The number of carbonyl (C=O) groups excluding carboxylic acids is 1. The largest absolute Gasteiger partial charge is 0.394 e. The predicted octanol–water partition coefficient (Wildman–Crippen LogP) is -1.26. The minimum absolute atomic E-state index is 0.244. The third-order valence-electron chi connectivity index (χ3n) is 19.4. The number of hydrogen-bond donors (Lipinski definition) is 18. The van der Waals surface area contributed by atoms with Crippen LogP contribution in [-0.2, 0) is 61.6 Å². The van der Waals surface area contributed by atoms with Gasteiger partial charge in [-0.2, -0.15) is 0 Å². The van der Waals surface area contributed by atoms with Gasteiger partial charge in [-0.1, -0.05) is 154 Å². The van der Waals surface area contributed by atoms with E-state index in [9.17, 15) is 86.5 Å². The van der Waals surface area contributed by atoms with E-state index in [2.05, 4.69) is 19.2 Å². The Bertz CT molecular complexity index is 2170. The highest BCUT2D eigenvalue weighted by Gasteiger charge is 2.56. The molecule has 6 saturated heterocycles. The van der Waals surface area contributed by atoms with E-state index in [1.54, 1.807) is 6.08 Å². The van der Waals surface area contributed by atoms with Crippen molar-refractivity contribution in [2.24, 2.45) is 5.73 Å². The van der Waals surface area contributed by atoms with Crippen LogP contribution in [0.3, 0.4) is 0 Å². The summed E-state index contributed by atoms with van der Waals surface area (Å²) >= 11 is 0. The molecule has 30 atom stereocenters. The van der Waals surface area contributed by atoms with Gasteiger partial charge in [0.25, 0.3) is 0 Å². The normalized spacial score (nSPS) is 39.4. The highest BCUT2D eigenvalue weighted by molar-refractivity contribution is 5.76. The molecular formula is C67H122N2O29. The van der Waals surface area contributed by atoms with Crippen molar-refractivity contribution in [3.63, 3.8) is 0 Å². The lowest BCUT2D eigenvalue weighted by molar-refractivity contribution is -0.400. The molecule has 6 fully saturated rings. The Kier molecular flexibility index (Phi) is 38.8. The highest BCUT2D eigenvalue weighted by Crippen LogP contribution is 2.37. The number of unbranched alkanes of at least 4 members (excludes halogenated alkanes) is 21. The predicted molar refractivity (Wildman–Crippen MR) is 345 cm³/mol. The minimum atomic E-state index is -2.14. The minimum Gasteiger partial charge on any atom is -0.394 e. The fourth-order valence-electron chi connectivity index (χ4n) is 13.2. The molecule has 6 heterocycles. The third-order valence-corrected chi connectivity index (χ3v) is 19.4. The maximum Gasteiger partial charge on any atom is 0.220 e. The first-order valence-electron chi connectivity index (χ1n) is 36.2. The number of nitrogens with two attached hydrogens (primary N) is 1. The molecule has 6 aliphatic rings. The lowest BCUT2D eigenvalue weighted by Gasteiger charge is -2.49. The zero-order valence-electron chi connectivity index (χ0n) is 57.4. The maximum atomic E-state index is 13.4. The first kappa shape index (κ1) is 85.0. The van der Waals surface area contributed by atoms with Crippen molar-refractivity contribution in [1.29, 1.82) is 0 Å². The van der Waals surface area contributed by atoms with E-state index < -0.39 is 211 Å². The number of nitrogens with one attached hydrogen (secondary N) is 1. The number of allylic oxidation sites excluding steroid dienone is 1. The molecule has 19 unspecified atom stereocenters. The molecule has 31 nitrogen and oxygen atoms in total. The Morgan fingerprint density at radius 1 is 0.469 bits per heavy atom. The Morgan fingerprint density at radius 2 is 0.969 bits per heavy atom. The summed E-state index contributed by atoms with van der Waals surface area (Å²) in [5, 5.41) is 178. The fraction of sp³-hybridized carbons (Fsp3) is 0.955. The number of rotatable bonds is 44. The van der Waals surface area contributed by atoms with Crippen LogP contribution in [0.2, 0.25) is 0 Å². The van der Waals surface area contributed by atoms with E-state index in [0.29, 0.717) is 6.42 Å². The maximum absolute atomic E-state index is 13.4. The summed E-state index contributed by atoms with van der Waals surface area (Å²) in [4.78, 5) is 13.4. The second-order valence-corrected chi connectivity index (χ2v) is 27.3. The molecule has 574 valence electrons. The molecule has 6 rings (SSSR count). The molecule has 0 bridgehead atoms. The van der Waals surface area contributed by atoms with E-state index >= 15 is 0 Å². The van der Waals surface area contributed by atoms with Crippen molar-refractivity contribution in [2.75, 3.05) is 33.0 Å². The van der Waals surface area contributed by atoms with Gasteiger partial charge in [0.1, 0.15) is 97.7 Å². The molecule has 1 amide bonds. The van der Waals surface area contributed by atoms with E-state index in [4.69, 9.17) is 62.6 Å². The van der Waals surface area contributed by atoms with Gasteiger partial charge in [-0.3, -0.25) is 4.79 Å². The summed E-state index contributed by atoms with van der Waals surface area (Å²) in [5.74, 6) is -0.269. The first-order valence-corrected chi connectivity index (χ1v) is 36.2. The molecule has 0 radical (unpaired) electrons. The van der Waals surface area contributed by atoms with Crippen LogP contribution < -0.4 is 11.1 Å². The number of aliphatic hydroxyl groups is 16. The summed E-state index contributed by atoms with van der Waals surface area (Å²) < 4.78 is 70.4.